The van der Waals surface area contributed by atoms with E-state index in [1.54, 1.807) is 0 Å². The van der Waals surface area contributed by atoms with Crippen molar-refractivity contribution in [3.05, 3.63) is 35.4 Å². The van der Waals surface area contributed by atoms with Gasteiger partial charge in [-0.15, -0.1) is 0 Å². The van der Waals surface area contributed by atoms with Crippen LogP contribution in [0.25, 0.3) is 0 Å². The van der Waals surface area contributed by atoms with E-state index in [0.717, 1.165) is 0 Å². The van der Waals surface area contributed by atoms with Crippen LogP contribution in [0, 0.1) is 0 Å². The van der Waals surface area contributed by atoms with E-state index in [1.165, 1.54) is 24.3 Å². The van der Waals surface area contributed by atoms with Crippen LogP contribution in [-0.4, -0.2) is 6.98 Å². The second kappa shape index (κ2) is 5.69. The largest absolute Gasteiger partial charge is 1.00 e. The van der Waals surface area contributed by atoms with E-state index in [0.29, 0.717) is 5.56 Å². The molecule has 0 aliphatic heterocycles. The average molecular weight is 274 g/mol. The summed E-state index contributed by atoms with van der Waals surface area (Å²) in [6, 6.07) is 5.12. The fourth-order valence-corrected chi connectivity index (χ4v) is 1.90. The summed E-state index contributed by atoms with van der Waals surface area (Å²) in [5.74, 6) is -1.76. The summed E-state index contributed by atoms with van der Waals surface area (Å²) in [4.78, 5) is 0. The molecule has 0 unspecified atom stereocenters. The van der Waals surface area contributed by atoms with Crippen LogP contribution in [0.2, 0.25) is 5.82 Å². The quantitative estimate of drug-likeness (QED) is 0.576. The zero-order valence-electron chi connectivity index (χ0n) is 9.22. The number of rotatable bonds is 3. The summed E-state index contributed by atoms with van der Waals surface area (Å²) in [5.41, 5.74) is 0.354. The van der Waals surface area contributed by atoms with Crippen molar-refractivity contribution >= 4 is 6.98 Å². The van der Waals surface area contributed by atoms with Gasteiger partial charge in [-0.25, -0.2) is 8.78 Å². The molecule has 0 aromatic heterocycles. The Hall–Kier alpha value is 0.571. The van der Waals surface area contributed by atoms with Gasteiger partial charge in [-0.05, 0) is 11.5 Å². The van der Waals surface area contributed by atoms with Crippen LogP contribution >= 0.6 is 0 Å². The molecule has 2 atom stereocenters. The van der Waals surface area contributed by atoms with E-state index in [2.05, 4.69) is 0 Å². The molecule has 1 saturated carbocycles. The van der Waals surface area contributed by atoms with Crippen LogP contribution in [0.3, 0.4) is 0 Å². The third-order valence-corrected chi connectivity index (χ3v) is 2.94. The van der Waals surface area contributed by atoms with Gasteiger partial charge in [0.2, 0.25) is 0 Å². The Bertz CT molecular complexity index is 375. The van der Waals surface area contributed by atoms with Gasteiger partial charge in [-0.3, -0.25) is 0 Å². The van der Waals surface area contributed by atoms with Gasteiger partial charge in [0.15, 0.2) is 0 Å². The van der Waals surface area contributed by atoms with Crippen LogP contribution in [0.15, 0.2) is 24.3 Å². The number of hydrogen-bond acceptors (Lipinski definition) is 0. The predicted octanol–water partition coefficient (Wildman–Crippen LogP) is 1.33. The molecule has 0 bridgehead atoms. The molecular weight excluding hydrogens is 265 g/mol. The monoisotopic (exact) mass is 274 g/mol. The standard InChI is InChI=1S/C10H9BF5.K/c12-10(13)7-3-1-6(2-4-7)8-5-9(8)11(14,15)16;/h1-4,8-10H,5H2;/q-1;+1/t8-,9+;/m1./s1. The van der Waals surface area contributed by atoms with E-state index in [4.69, 9.17) is 0 Å². The minimum atomic E-state index is -4.79. The Morgan fingerprint density at radius 3 is 1.94 bits per heavy atom. The molecule has 17 heavy (non-hydrogen) atoms. The second-order valence-electron chi connectivity index (χ2n) is 4.10. The summed E-state index contributed by atoms with van der Waals surface area (Å²) in [7, 11) is 0. The van der Waals surface area contributed by atoms with Gasteiger partial charge in [0.25, 0.3) is 6.43 Å². The van der Waals surface area contributed by atoms with Crippen molar-refractivity contribution in [2.75, 3.05) is 0 Å². The van der Waals surface area contributed by atoms with E-state index in [-0.39, 0.29) is 63.4 Å². The van der Waals surface area contributed by atoms with E-state index in [1.807, 2.05) is 0 Å². The van der Waals surface area contributed by atoms with E-state index >= 15 is 0 Å². The summed E-state index contributed by atoms with van der Waals surface area (Å²) < 4.78 is 61.4. The third-order valence-electron chi connectivity index (χ3n) is 2.94. The fourth-order valence-electron chi connectivity index (χ4n) is 1.90. The third kappa shape index (κ3) is 3.76. The van der Waals surface area contributed by atoms with E-state index < -0.39 is 25.1 Å². The van der Waals surface area contributed by atoms with E-state index in [9.17, 15) is 21.7 Å². The molecule has 0 heterocycles. The van der Waals surface area contributed by atoms with Gasteiger partial charge in [0.05, 0.1) is 0 Å². The molecule has 2 rings (SSSR count). The van der Waals surface area contributed by atoms with Crippen molar-refractivity contribution in [1.82, 2.24) is 0 Å². The molecule has 0 nitrogen and oxygen atoms in total. The molecule has 0 radical (unpaired) electrons. The van der Waals surface area contributed by atoms with Crippen LogP contribution < -0.4 is 51.4 Å². The van der Waals surface area contributed by atoms with Gasteiger partial charge in [-0.1, -0.05) is 36.5 Å². The molecule has 1 aliphatic carbocycles. The summed E-state index contributed by atoms with van der Waals surface area (Å²) in [5, 5.41) is 0. The first kappa shape index (κ1) is 15.6. The van der Waals surface area contributed by atoms with Gasteiger partial charge in [-0.2, -0.15) is 0 Å². The smallest absolute Gasteiger partial charge is 0.449 e. The summed E-state index contributed by atoms with van der Waals surface area (Å²) in [6.45, 7) is -4.79. The van der Waals surface area contributed by atoms with Crippen molar-refractivity contribution < 1.29 is 73.1 Å². The molecule has 88 valence electrons. The number of alkyl halides is 2. The molecule has 1 fully saturated rings. The first-order valence-corrected chi connectivity index (χ1v) is 4.97. The van der Waals surface area contributed by atoms with Crippen LogP contribution in [0.1, 0.15) is 29.9 Å². The maximum Gasteiger partial charge on any atom is 1.00 e. The molecule has 0 N–H and O–H groups in total. The van der Waals surface area contributed by atoms with Crippen LogP contribution in [0.5, 0.6) is 0 Å². The maximum absolute atomic E-state index is 12.3. The Morgan fingerprint density at radius 2 is 1.59 bits per heavy atom. The fraction of sp³-hybridized carbons (Fsp3) is 0.400. The Kier molecular flexibility index (Phi) is 5.23. The van der Waals surface area contributed by atoms with Crippen molar-refractivity contribution in [3.63, 3.8) is 0 Å². The number of halogens is 5. The van der Waals surface area contributed by atoms with Crippen LogP contribution in [-0.2, 0) is 0 Å². The molecule has 1 aromatic rings. The number of hydrogen-bond donors (Lipinski definition) is 0. The molecule has 0 amide bonds. The molecular formula is C10H9BF5K. The Labute approximate surface area is 138 Å². The first-order valence-electron chi connectivity index (χ1n) is 4.97. The van der Waals surface area contributed by atoms with Crippen LogP contribution in [0.4, 0.5) is 21.7 Å². The average Bonchev–Trinajstić information content (AvgIpc) is 2.96. The topological polar surface area (TPSA) is 0 Å². The second-order valence-corrected chi connectivity index (χ2v) is 4.10. The molecule has 0 saturated heterocycles. The Morgan fingerprint density at radius 1 is 1.06 bits per heavy atom. The van der Waals surface area contributed by atoms with Crippen molar-refractivity contribution in [2.24, 2.45) is 0 Å². The van der Waals surface area contributed by atoms with Gasteiger partial charge < -0.3 is 12.9 Å². The van der Waals surface area contributed by atoms with Crippen molar-refractivity contribution in [1.29, 1.82) is 0 Å². The van der Waals surface area contributed by atoms with Gasteiger partial charge >= 0.3 is 58.4 Å². The maximum atomic E-state index is 12.3. The molecule has 1 aliphatic rings. The first-order chi connectivity index (χ1) is 7.39. The van der Waals surface area contributed by atoms with Crippen molar-refractivity contribution in [3.8, 4) is 0 Å². The SMILES string of the molecule is FC(F)c1ccc([C@H]2C[C@@H]2[B-](F)(F)F)cc1.[K+]. The summed E-state index contributed by atoms with van der Waals surface area (Å²) in [6.07, 6.45) is -2.48. The zero-order chi connectivity index (χ0) is 11.9. The van der Waals surface area contributed by atoms with Crippen molar-refractivity contribution in [2.45, 2.75) is 24.6 Å². The normalized spacial score (nSPS) is 23.4. The minimum Gasteiger partial charge on any atom is -0.449 e. The Balaban J connectivity index is 0.00000144. The van der Waals surface area contributed by atoms with Gasteiger partial charge in [0.1, 0.15) is 0 Å². The minimum absolute atomic E-state index is 0. The van der Waals surface area contributed by atoms with Gasteiger partial charge in [0, 0.05) is 5.56 Å². The summed E-state index contributed by atoms with van der Waals surface area (Å²) >= 11 is 0. The molecule has 1 aromatic carbocycles. The predicted molar refractivity (Wildman–Crippen MR) is 51.6 cm³/mol. The molecule has 0 spiro atoms. The zero-order valence-corrected chi connectivity index (χ0v) is 12.3. The molecule has 7 heteroatoms. The number of benzene rings is 1.